The van der Waals surface area contributed by atoms with E-state index >= 15 is 0 Å². The highest BCUT2D eigenvalue weighted by molar-refractivity contribution is 7.92. The molecule has 1 aliphatic rings. The molecular weight excluding hydrogens is 460 g/mol. The summed E-state index contributed by atoms with van der Waals surface area (Å²) in [6, 6.07) is 11.6. The molecule has 0 amide bonds. The fraction of sp³-hybridized carbons (Fsp3) is 0.360. The van der Waals surface area contributed by atoms with Crippen LogP contribution in [0.3, 0.4) is 0 Å². The van der Waals surface area contributed by atoms with E-state index in [4.69, 9.17) is 0 Å². The predicted molar refractivity (Wildman–Crippen MR) is 140 cm³/mol. The van der Waals surface area contributed by atoms with Crippen LogP contribution >= 0.6 is 0 Å². The lowest BCUT2D eigenvalue weighted by Crippen LogP contribution is -2.30. The Bertz CT molecular complexity index is 1400. The van der Waals surface area contributed by atoms with Crippen molar-refractivity contribution in [3.05, 3.63) is 58.8 Å². The zero-order valence-electron chi connectivity index (χ0n) is 20.5. The molecule has 0 atom stereocenters. The standard InChI is InChI=1S/C25H30N8OS/c1-5-17-12-20(13-18-16-33(6-2)11-10-21(17)18)28-25-27-15-19(14-26)24(31-25)30-22-8-7-9-23(29-22)32-35(3,4)34/h7-9,12-13,15H,5-6,10-11,16H2,1-4H3,(H2,27,28,29,30,31). The summed E-state index contributed by atoms with van der Waals surface area (Å²) in [5.41, 5.74) is 5.33. The Labute approximate surface area is 206 Å². The van der Waals surface area contributed by atoms with E-state index in [0.29, 0.717) is 23.4 Å². The number of hydrogen-bond acceptors (Lipinski definition) is 9. The van der Waals surface area contributed by atoms with Gasteiger partial charge in [0.1, 0.15) is 17.5 Å². The third-order valence-corrected chi connectivity index (χ3v) is 6.42. The molecular formula is C25H30N8OS. The molecule has 9 nitrogen and oxygen atoms in total. The molecule has 2 aromatic heterocycles. The minimum absolute atomic E-state index is 0.285. The van der Waals surface area contributed by atoms with E-state index < -0.39 is 9.73 Å². The lowest BCUT2D eigenvalue weighted by Gasteiger charge is -2.29. The van der Waals surface area contributed by atoms with E-state index in [9.17, 15) is 9.47 Å². The third kappa shape index (κ3) is 6.12. The van der Waals surface area contributed by atoms with E-state index in [1.165, 1.54) is 22.9 Å². The number of fused-ring (bicyclic) bond motifs is 1. The summed E-state index contributed by atoms with van der Waals surface area (Å²) < 4.78 is 16.1. The highest BCUT2D eigenvalue weighted by Crippen LogP contribution is 2.29. The van der Waals surface area contributed by atoms with E-state index in [0.717, 1.165) is 38.2 Å². The maximum atomic E-state index is 12.0. The molecule has 2 N–H and O–H groups in total. The number of nitrogens with zero attached hydrogens (tertiary/aromatic N) is 6. The van der Waals surface area contributed by atoms with E-state index in [2.05, 4.69) is 66.9 Å². The molecule has 10 heteroatoms. The lowest BCUT2D eigenvalue weighted by molar-refractivity contribution is 0.267. The monoisotopic (exact) mass is 490 g/mol. The van der Waals surface area contributed by atoms with Gasteiger partial charge < -0.3 is 10.6 Å². The topological polar surface area (TPSA) is 119 Å². The highest BCUT2D eigenvalue weighted by atomic mass is 32.2. The first-order chi connectivity index (χ1) is 16.8. The molecule has 0 unspecified atom stereocenters. The van der Waals surface area contributed by atoms with Crippen LogP contribution < -0.4 is 10.6 Å². The van der Waals surface area contributed by atoms with Gasteiger partial charge >= 0.3 is 0 Å². The number of pyridine rings is 1. The number of nitrogens with one attached hydrogen (secondary N) is 2. The van der Waals surface area contributed by atoms with Gasteiger partial charge in [-0.1, -0.05) is 19.9 Å². The van der Waals surface area contributed by atoms with E-state index in [1.807, 2.05) is 0 Å². The van der Waals surface area contributed by atoms with Gasteiger partial charge in [-0.05, 0) is 60.3 Å². The lowest BCUT2D eigenvalue weighted by atomic mass is 9.92. The Morgan fingerprint density at radius 3 is 2.74 bits per heavy atom. The minimum atomic E-state index is -2.35. The molecule has 0 fully saturated rings. The van der Waals surface area contributed by atoms with Gasteiger partial charge in [0.25, 0.3) is 0 Å². The molecule has 35 heavy (non-hydrogen) atoms. The quantitative estimate of drug-likeness (QED) is 0.496. The molecule has 0 saturated heterocycles. The van der Waals surface area contributed by atoms with Crippen molar-refractivity contribution < 1.29 is 4.21 Å². The van der Waals surface area contributed by atoms with Crippen molar-refractivity contribution in [1.29, 1.82) is 5.26 Å². The number of hydrogen-bond donors (Lipinski definition) is 2. The number of rotatable bonds is 7. The smallest absolute Gasteiger partial charge is 0.229 e. The Morgan fingerprint density at radius 2 is 2.03 bits per heavy atom. The Morgan fingerprint density at radius 1 is 1.20 bits per heavy atom. The number of benzene rings is 1. The molecule has 1 aliphatic heterocycles. The van der Waals surface area contributed by atoms with Crippen LogP contribution in [0.2, 0.25) is 0 Å². The molecule has 182 valence electrons. The normalized spacial score (nSPS) is 13.6. The zero-order chi connectivity index (χ0) is 25.0. The van der Waals surface area contributed by atoms with Crippen LogP contribution in [0.15, 0.2) is 40.9 Å². The Hall–Kier alpha value is -3.55. The van der Waals surface area contributed by atoms with Crippen molar-refractivity contribution in [2.45, 2.75) is 33.2 Å². The molecule has 0 bridgehead atoms. The van der Waals surface area contributed by atoms with Gasteiger partial charge in [0.15, 0.2) is 11.6 Å². The van der Waals surface area contributed by atoms with Crippen molar-refractivity contribution in [2.24, 2.45) is 4.36 Å². The second-order valence-corrected chi connectivity index (χ2v) is 11.3. The van der Waals surface area contributed by atoms with Crippen molar-refractivity contribution in [3.63, 3.8) is 0 Å². The Balaban J connectivity index is 1.62. The van der Waals surface area contributed by atoms with Gasteiger partial charge in [-0.3, -0.25) is 4.90 Å². The number of anilines is 4. The van der Waals surface area contributed by atoms with Crippen molar-refractivity contribution in [3.8, 4) is 6.07 Å². The van der Waals surface area contributed by atoms with Crippen molar-refractivity contribution in [2.75, 3.05) is 36.2 Å². The van der Waals surface area contributed by atoms with E-state index in [-0.39, 0.29) is 5.56 Å². The minimum Gasteiger partial charge on any atom is -0.324 e. The summed E-state index contributed by atoms with van der Waals surface area (Å²) in [5.74, 6) is 1.49. The molecule has 4 rings (SSSR count). The number of aryl methyl sites for hydroxylation is 1. The van der Waals surface area contributed by atoms with Crippen LogP contribution in [0.5, 0.6) is 0 Å². The summed E-state index contributed by atoms with van der Waals surface area (Å²) in [4.78, 5) is 15.7. The van der Waals surface area contributed by atoms with Gasteiger partial charge in [0.2, 0.25) is 5.95 Å². The number of aromatic nitrogens is 3. The molecule has 3 aromatic rings. The SMILES string of the molecule is CCc1cc(Nc2ncc(C#N)c(Nc3cccc(N=S(C)(C)=O)n3)n2)cc2c1CCN(CC)C2. The first-order valence-corrected chi connectivity index (χ1v) is 13.9. The average Bonchev–Trinajstić information content (AvgIpc) is 2.82. The van der Waals surface area contributed by atoms with Crippen LogP contribution in [0.4, 0.5) is 29.1 Å². The van der Waals surface area contributed by atoms with Gasteiger partial charge in [0, 0.05) is 41.0 Å². The van der Waals surface area contributed by atoms with Crippen LogP contribution in [-0.2, 0) is 29.1 Å². The van der Waals surface area contributed by atoms with Gasteiger partial charge in [-0.25, -0.2) is 14.2 Å². The first-order valence-electron chi connectivity index (χ1n) is 11.6. The molecule has 0 aliphatic carbocycles. The van der Waals surface area contributed by atoms with Gasteiger partial charge in [-0.2, -0.15) is 14.6 Å². The second kappa shape index (κ2) is 10.4. The number of likely N-dealkylation sites (N-methyl/N-ethyl adjacent to an activating group) is 1. The van der Waals surface area contributed by atoms with Crippen LogP contribution in [0.1, 0.15) is 36.1 Å². The fourth-order valence-electron chi connectivity index (χ4n) is 4.15. The fourth-order valence-corrected chi connectivity index (χ4v) is 4.70. The van der Waals surface area contributed by atoms with Crippen LogP contribution in [-0.4, -0.2) is 49.7 Å². The second-order valence-electron chi connectivity index (χ2n) is 8.72. The summed E-state index contributed by atoms with van der Waals surface area (Å²) in [6.45, 7) is 7.42. The third-order valence-electron chi connectivity index (χ3n) is 5.79. The molecule has 1 aromatic carbocycles. The highest BCUT2D eigenvalue weighted by Gasteiger charge is 2.19. The molecule has 3 heterocycles. The zero-order valence-corrected chi connectivity index (χ0v) is 21.3. The van der Waals surface area contributed by atoms with Crippen molar-refractivity contribution >= 4 is 38.8 Å². The number of nitriles is 1. The van der Waals surface area contributed by atoms with Gasteiger partial charge in [-0.15, -0.1) is 0 Å². The van der Waals surface area contributed by atoms with Gasteiger partial charge in [0.05, 0.1) is 6.20 Å². The average molecular weight is 491 g/mol. The van der Waals surface area contributed by atoms with E-state index in [1.54, 1.807) is 30.7 Å². The molecule has 0 saturated carbocycles. The summed E-state index contributed by atoms with van der Waals surface area (Å²) in [7, 11) is -2.35. The first kappa shape index (κ1) is 24.6. The molecule has 0 spiro atoms. The summed E-state index contributed by atoms with van der Waals surface area (Å²) in [6.07, 6.45) is 6.61. The maximum absolute atomic E-state index is 12.0. The summed E-state index contributed by atoms with van der Waals surface area (Å²) in [5, 5.41) is 16.0. The van der Waals surface area contributed by atoms with Crippen molar-refractivity contribution in [1.82, 2.24) is 19.9 Å². The van der Waals surface area contributed by atoms with Crippen LogP contribution in [0.25, 0.3) is 0 Å². The maximum Gasteiger partial charge on any atom is 0.229 e. The van der Waals surface area contributed by atoms with Crippen LogP contribution in [0, 0.1) is 11.3 Å². The largest absolute Gasteiger partial charge is 0.324 e. The predicted octanol–water partition coefficient (Wildman–Crippen LogP) is 4.53. The molecule has 0 radical (unpaired) electrons. The summed E-state index contributed by atoms with van der Waals surface area (Å²) >= 11 is 0. The Kier molecular flexibility index (Phi) is 7.28.